The molecule has 88 valence electrons. The van der Waals surface area contributed by atoms with Crippen molar-refractivity contribution in [2.75, 3.05) is 12.0 Å². The quantitative estimate of drug-likeness (QED) is 0.801. The lowest BCUT2D eigenvalue weighted by atomic mass is 10.1. The molecule has 0 atom stereocenters. The molecule has 0 saturated carbocycles. The fourth-order valence-electron chi connectivity index (χ4n) is 1.13. The Hall–Kier alpha value is -0.750. The molecule has 1 aromatic carbocycles. The van der Waals surface area contributed by atoms with Gasteiger partial charge in [0.05, 0.1) is 11.3 Å². The minimum Gasteiger partial charge on any atom is -0.294 e. The second-order valence-electron chi connectivity index (χ2n) is 3.43. The SMILES string of the molecule is CS(=O)(=O)CCC(=O)c1ccc(Br)cc1F. The van der Waals surface area contributed by atoms with Crippen LogP contribution in [-0.2, 0) is 9.84 Å². The van der Waals surface area contributed by atoms with Crippen molar-refractivity contribution in [3.05, 3.63) is 34.1 Å². The Balaban J connectivity index is 2.82. The van der Waals surface area contributed by atoms with E-state index in [-0.39, 0.29) is 17.7 Å². The van der Waals surface area contributed by atoms with Gasteiger partial charge >= 0.3 is 0 Å². The maximum absolute atomic E-state index is 13.3. The Morgan fingerprint density at radius 3 is 2.56 bits per heavy atom. The van der Waals surface area contributed by atoms with Crippen LogP contribution in [0.25, 0.3) is 0 Å². The highest BCUT2D eigenvalue weighted by molar-refractivity contribution is 9.10. The van der Waals surface area contributed by atoms with Crippen LogP contribution >= 0.6 is 15.9 Å². The van der Waals surface area contributed by atoms with E-state index in [0.717, 1.165) is 6.26 Å². The minimum atomic E-state index is -3.20. The Kier molecular flexibility index (Phi) is 4.21. The number of ketones is 1. The maximum Gasteiger partial charge on any atom is 0.166 e. The molecule has 0 spiro atoms. The Bertz CT molecular complexity index is 511. The minimum absolute atomic E-state index is 0.0770. The van der Waals surface area contributed by atoms with E-state index in [4.69, 9.17) is 0 Å². The first-order valence-corrected chi connectivity index (χ1v) is 7.31. The van der Waals surface area contributed by atoms with Crippen molar-refractivity contribution < 1.29 is 17.6 Å². The number of hydrogen-bond acceptors (Lipinski definition) is 3. The third-order valence-electron chi connectivity index (χ3n) is 1.93. The van der Waals surface area contributed by atoms with Gasteiger partial charge in [0.25, 0.3) is 0 Å². The number of carbonyl (C=O) groups excluding carboxylic acids is 1. The van der Waals surface area contributed by atoms with Gasteiger partial charge in [-0.2, -0.15) is 0 Å². The summed E-state index contributed by atoms with van der Waals surface area (Å²) in [6, 6.07) is 4.05. The lowest BCUT2D eigenvalue weighted by molar-refractivity contribution is 0.0985. The predicted octanol–water partition coefficient (Wildman–Crippen LogP) is 2.21. The molecule has 1 rings (SSSR count). The van der Waals surface area contributed by atoms with Crippen LogP contribution in [0.3, 0.4) is 0 Å². The van der Waals surface area contributed by atoms with Gasteiger partial charge in [0.1, 0.15) is 15.7 Å². The molecule has 0 bridgehead atoms. The first-order chi connectivity index (χ1) is 7.29. The van der Waals surface area contributed by atoms with E-state index in [1.54, 1.807) is 0 Å². The summed E-state index contributed by atoms with van der Waals surface area (Å²) in [5.74, 6) is -1.41. The van der Waals surface area contributed by atoms with E-state index < -0.39 is 21.4 Å². The van der Waals surface area contributed by atoms with Crippen molar-refractivity contribution in [3.8, 4) is 0 Å². The van der Waals surface area contributed by atoms with Crippen LogP contribution in [0.4, 0.5) is 4.39 Å². The van der Waals surface area contributed by atoms with Crippen molar-refractivity contribution >= 4 is 31.6 Å². The normalized spacial score (nSPS) is 11.4. The number of benzene rings is 1. The summed E-state index contributed by atoms with van der Waals surface area (Å²) in [6.07, 6.45) is 0.843. The van der Waals surface area contributed by atoms with Crippen LogP contribution in [-0.4, -0.2) is 26.2 Å². The summed E-state index contributed by atoms with van der Waals surface area (Å²) >= 11 is 3.07. The van der Waals surface area contributed by atoms with Gasteiger partial charge in [0.15, 0.2) is 5.78 Å². The first-order valence-electron chi connectivity index (χ1n) is 4.45. The molecule has 0 N–H and O–H groups in total. The third kappa shape index (κ3) is 4.02. The van der Waals surface area contributed by atoms with Crippen LogP contribution < -0.4 is 0 Å². The van der Waals surface area contributed by atoms with Crippen LogP contribution in [0.2, 0.25) is 0 Å². The highest BCUT2D eigenvalue weighted by Gasteiger charge is 2.14. The summed E-state index contributed by atoms with van der Waals surface area (Å²) < 4.78 is 35.6. The lowest BCUT2D eigenvalue weighted by Crippen LogP contribution is -2.10. The van der Waals surface area contributed by atoms with E-state index in [0.29, 0.717) is 4.47 Å². The smallest absolute Gasteiger partial charge is 0.166 e. The molecule has 0 aromatic heterocycles. The average molecular weight is 309 g/mol. The molecule has 6 heteroatoms. The monoisotopic (exact) mass is 308 g/mol. The van der Waals surface area contributed by atoms with Crippen LogP contribution in [0.1, 0.15) is 16.8 Å². The van der Waals surface area contributed by atoms with E-state index >= 15 is 0 Å². The number of sulfone groups is 1. The lowest BCUT2D eigenvalue weighted by Gasteiger charge is -2.02. The number of halogens is 2. The molecule has 0 unspecified atom stereocenters. The van der Waals surface area contributed by atoms with Crippen molar-refractivity contribution in [2.45, 2.75) is 6.42 Å². The van der Waals surface area contributed by atoms with Gasteiger partial charge in [-0.25, -0.2) is 12.8 Å². The van der Waals surface area contributed by atoms with Gasteiger partial charge in [-0.1, -0.05) is 15.9 Å². The second kappa shape index (κ2) is 5.05. The summed E-state index contributed by atoms with van der Waals surface area (Å²) in [4.78, 5) is 11.5. The van der Waals surface area contributed by atoms with E-state index in [1.165, 1.54) is 18.2 Å². The van der Waals surface area contributed by atoms with Crippen molar-refractivity contribution in [1.29, 1.82) is 0 Å². The molecular formula is C10H10BrFO3S. The van der Waals surface area contributed by atoms with E-state index in [9.17, 15) is 17.6 Å². The average Bonchev–Trinajstić information content (AvgIpc) is 2.13. The largest absolute Gasteiger partial charge is 0.294 e. The number of carbonyl (C=O) groups is 1. The van der Waals surface area contributed by atoms with Gasteiger partial charge in [-0.3, -0.25) is 4.79 Å². The standard InChI is InChI=1S/C10H10BrFO3S/c1-16(14,15)5-4-10(13)8-3-2-7(11)6-9(8)12/h2-3,6H,4-5H2,1H3. The molecule has 16 heavy (non-hydrogen) atoms. The fourth-order valence-corrected chi connectivity index (χ4v) is 2.02. The van der Waals surface area contributed by atoms with E-state index in [2.05, 4.69) is 15.9 Å². The molecule has 0 aliphatic carbocycles. The summed E-state index contributed by atoms with van der Waals surface area (Å²) in [5, 5.41) is 0. The zero-order valence-electron chi connectivity index (χ0n) is 8.54. The Morgan fingerprint density at radius 1 is 1.44 bits per heavy atom. The molecule has 0 amide bonds. The van der Waals surface area contributed by atoms with Crippen molar-refractivity contribution in [3.63, 3.8) is 0 Å². The molecule has 0 heterocycles. The fraction of sp³-hybridized carbons (Fsp3) is 0.300. The van der Waals surface area contributed by atoms with Crippen molar-refractivity contribution in [2.24, 2.45) is 0 Å². The zero-order valence-corrected chi connectivity index (χ0v) is 10.9. The van der Waals surface area contributed by atoms with Crippen LogP contribution in [0, 0.1) is 5.82 Å². The highest BCUT2D eigenvalue weighted by atomic mass is 79.9. The Labute approximate surface area is 102 Å². The number of rotatable bonds is 4. The Morgan fingerprint density at radius 2 is 2.06 bits per heavy atom. The van der Waals surface area contributed by atoms with Gasteiger partial charge < -0.3 is 0 Å². The molecule has 0 aliphatic heterocycles. The van der Waals surface area contributed by atoms with Crippen LogP contribution in [0.15, 0.2) is 22.7 Å². The summed E-state index contributed by atoms with van der Waals surface area (Å²) in [5.41, 5.74) is -0.0770. The molecule has 0 aliphatic rings. The first kappa shape index (κ1) is 13.3. The van der Waals surface area contributed by atoms with Gasteiger partial charge in [-0.05, 0) is 18.2 Å². The van der Waals surface area contributed by atoms with Gasteiger partial charge in [-0.15, -0.1) is 0 Å². The van der Waals surface area contributed by atoms with Crippen molar-refractivity contribution in [1.82, 2.24) is 0 Å². The summed E-state index contributed by atoms with van der Waals surface area (Å²) in [7, 11) is -3.20. The zero-order chi connectivity index (χ0) is 12.3. The molecule has 0 saturated heterocycles. The molecular weight excluding hydrogens is 299 g/mol. The highest BCUT2D eigenvalue weighted by Crippen LogP contribution is 2.16. The van der Waals surface area contributed by atoms with Crippen LogP contribution in [0.5, 0.6) is 0 Å². The topological polar surface area (TPSA) is 51.2 Å². The maximum atomic E-state index is 13.3. The summed E-state index contributed by atoms with van der Waals surface area (Å²) in [6.45, 7) is 0. The predicted molar refractivity (Wildman–Crippen MR) is 62.8 cm³/mol. The van der Waals surface area contributed by atoms with Gasteiger partial charge in [0.2, 0.25) is 0 Å². The van der Waals surface area contributed by atoms with Gasteiger partial charge in [0, 0.05) is 17.1 Å². The molecule has 0 radical (unpaired) electrons. The number of hydrogen-bond donors (Lipinski definition) is 0. The second-order valence-corrected chi connectivity index (χ2v) is 6.60. The molecule has 1 aromatic rings. The molecule has 0 fully saturated rings. The van der Waals surface area contributed by atoms with E-state index in [1.807, 2.05) is 0 Å². The number of Topliss-reactive ketones (excluding diaryl/α,β-unsaturated/α-hetero) is 1. The third-order valence-corrected chi connectivity index (χ3v) is 3.37. The molecule has 3 nitrogen and oxygen atoms in total.